The molecule has 0 aliphatic rings. The zero-order valence-electron chi connectivity index (χ0n) is 28.3. The Kier molecular flexibility index (Phi) is 26.4. The summed E-state index contributed by atoms with van der Waals surface area (Å²) in [4.78, 5) is 0. The summed E-state index contributed by atoms with van der Waals surface area (Å²) in [6, 6.07) is 0. The van der Waals surface area contributed by atoms with E-state index in [-0.39, 0.29) is 0 Å². The van der Waals surface area contributed by atoms with Crippen LogP contribution in [0, 0.1) is 0 Å². The number of unbranched alkanes of at least 4 members (excludes halogenated alkanes) is 26. The molecular formula is C38H75N2+. The predicted octanol–water partition coefficient (Wildman–Crippen LogP) is 12.9. The molecule has 1 aromatic rings. The number of imidazole rings is 1. The van der Waals surface area contributed by atoms with E-state index in [2.05, 4.69) is 49.2 Å². The third kappa shape index (κ3) is 21.0. The van der Waals surface area contributed by atoms with Crippen molar-refractivity contribution in [2.24, 2.45) is 0 Å². The first-order chi connectivity index (χ1) is 19.7. The third-order valence-corrected chi connectivity index (χ3v) is 9.04. The zero-order chi connectivity index (χ0) is 28.9. The zero-order valence-corrected chi connectivity index (χ0v) is 28.3. The van der Waals surface area contributed by atoms with Crippen LogP contribution in [0.4, 0.5) is 0 Å². The highest BCUT2D eigenvalue weighted by atomic mass is 15.1. The van der Waals surface area contributed by atoms with Gasteiger partial charge >= 0.3 is 0 Å². The van der Waals surface area contributed by atoms with Crippen LogP contribution in [-0.2, 0) is 13.1 Å². The van der Waals surface area contributed by atoms with Crippen LogP contribution in [0.1, 0.15) is 219 Å². The number of aryl methyl sites for hydroxylation is 2. The van der Waals surface area contributed by atoms with Gasteiger partial charge in [-0.05, 0) is 25.7 Å². The lowest BCUT2D eigenvalue weighted by Crippen LogP contribution is -2.38. The van der Waals surface area contributed by atoms with Crippen molar-refractivity contribution < 1.29 is 4.57 Å². The summed E-state index contributed by atoms with van der Waals surface area (Å²) in [6.45, 7) is 11.8. The van der Waals surface area contributed by atoms with Crippen molar-refractivity contribution in [1.82, 2.24) is 4.57 Å². The minimum Gasteiger partial charge on any atom is -0.234 e. The Bertz CT molecular complexity index is 631. The average molecular weight is 560 g/mol. The molecule has 0 bridgehead atoms. The Morgan fingerprint density at radius 2 is 0.800 bits per heavy atom. The second-order valence-corrected chi connectivity index (χ2v) is 13.4. The summed E-state index contributed by atoms with van der Waals surface area (Å²) in [5.74, 6) is 2.15. The van der Waals surface area contributed by atoms with Gasteiger partial charge in [-0.1, -0.05) is 182 Å². The van der Waals surface area contributed by atoms with Crippen molar-refractivity contribution >= 4 is 0 Å². The smallest absolute Gasteiger partial charge is 0.234 e. The summed E-state index contributed by atoms with van der Waals surface area (Å²) >= 11 is 0. The van der Waals surface area contributed by atoms with Gasteiger partial charge in [-0.15, -0.1) is 0 Å². The number of nitrogens with zero attached hydrogens (tertiary/aromatic N) is 2. The molecule has 0 saturated heterocycles. The molecular weight excluding hydrogens is 484 g/mol. The van der Waals surface area contributed by atoms with E-state index in [1.165, 1.54) is 193 Å². The predicted molar refractivity (Wildman–Crippen MR) is 179 cm³/mol. The number of hydrogen-bond donors (Lipinski definition) is 0. The maximum Gasteiger partial charge on any atom is 0.258 e. The Labute approximate surface area is 253 Å². The van der Waals surface area contributed by atoms with Crippen molar-refractivity contribution in [3.8, 4) is 0 Å². The normalized spacial score (nSPS) is 11.7. The monoisotopic (exact) mass is 560 g/mol. The van der Waals surface area contributed by atoms with E-state index in [0.717, 1.165) is 0 Å². The molecule has 0 radical (unpaired) electrons. The van der Waals surface area contributed by atoms with E-state index in [1.54, 1.807) is 5.82 Å². The molecule has 1 rings (SSSR count). The topological polar surface area (TPSA) is 8.81 Å². The maximum atomic E-state index is 2.56. The molecule has 0 fully saturated rings. The van der Waals surface area contributed by atoms with E-state index < -0.39 is 0 Å². The maximum absolute atomic E-state index is 2.56. The molecule has 0 atom stereocenters. The van der Waals surface area contributed by atoms with Gasteiger partial charge in [-0.25, -0.2) is 9.13 Å². The van der Waals surface area contributed by atoms with Crippen LogP contribution >= 0.6 is 0 Å². The van der Waals surface area contributed by atoms with E-state index >= 15 is 0 Å². The molecule has 0 aliphatic carbocycles. The molecule has 2 heteroatoms. The fourth-order valence-electron chi connectivity index (χ4n) is 6.47. The number of aromatic nitrogens is 2. The fraction of sp³-hybridized carbons (Fsp3) is 0.921. The largest absolute Gasteiger partial charge is 0.258 e. The lowest BCUT2D eigenvalue weighted by Gasteiger charge is -2.08. The highest BCUT2D eigenvalue weighted by Gasteiger charge is 2.20. The standard InChI is InChI=1S/C38H75N2/c1-5-7-9-11-13-15-17-19-20-22-24-26-28-30-32-34-40-36-35-39(38(40)37(3)4)33-31-29-27-25-23-21-18-16-14-12-10-8-6-2/h35-37H,5-34H2,1-4H3/q+1. The molecule has 0 saturated carbocycles. The highest BCUT2D eigenvalue weighted by molar-refractivity contribution is 4.89. The fourth-order valence-corrected chi connectivity index (χ4v) is 6.47. The number of rotatable bonds is 31. The molecule has 236 valence electrons. The van der Waals surface area contributed by atoms with Gasteiger partial charge in [0.1, 0.15) is 12.4 Å². The minimum atomic E-state index is 0.605. The van der Waals surface area contributed by atoms with Crippen LogP contribution in [0.3, 0.4) is 0 Å². The second-order valence-electron chi connectivity index (χ2n) is 13.4. The van der Waals surface area contributed by atoms with E-state index in [1.807, 2.05) is 0 Å². The van der Waals surface area contributed by atoms with Gasteiger partial charge < -0.3 is 0 Å². The van der Waals surface area contributed by atoms with Gasteiger partial charge in [0.05, 0.1) is 19.0 Å². The van der Waals surface area contributed by atoms with Crippen LogP contribution in [0.15, 0.2) is 12.4 Å². The average Bonchev–Trinajstić information content (AvgIpc) is 3.36. The van der Waals surface area contributed by atoms with Crippen molar-refractivity contribution in [3.63, 3.8) is 0 Å². The van der Waals surface area contributed by atoms with Crippen LogP contribution in [0.5, 0.6) is 0 Å². The van der Waals surface area contributed by atoms with Gasteiger partial charge in [0.2, 0.25) is 0 Å². The van der Waals surface area contributed by atoms with Crippen LogP contribution in [-0.4, -0.2) is 4.57 Å². The summed E-state index contributed by atoms with van der Waals surface area (Å²) in [5.41, 5.74) is 0. The first-order valence-electron chi connectivity index (χ1n) is 18.8. The lowest BCUT2D eigenvalue weighted by atomic mass is 10.0. The van der Waals surface area contributed by atoms with Crippen molar-refractivity contribution in [2.75, 3.05) is 0 Å². The Hall–Kier alpha value is -0.790. The van der Waals surface area contributed by atoms with Gasteiger partial charge in [-0.2, -0.15) is 0 Å². The second kappa shape index (κ2) is 28.3. The van der Waals surface area contributed by atoms with Gasteiger partial charge in [0, 0.05) is 0 Å². The summed E-state index contributed by atoms with van der Waals surface area (Å²) in [6.07, 6.45) is 45.0. The van der Waals surface area contributed by atoms with Crippen LogP contribution < -0.4 is 4.57 Å². The minimum absolute atomic E-state index is 0.605. The van der Waals surface area contributed by atoms with E-state index in [0.29, 0.717) is 5.92 Å². The first kappa shape index (κ1) is 37.2. The molecule has 2 nitrogen and oxygen atoms in total. The van der Waals surface area contributed by atoms with Crippen molar-refractivity contribution in [3.05, 3.63) is 18.2 Å². The van der Waals surface area contributed by atoms with Crippen molar-refractivity contribution in [2.45, 2.75) is 226 Å². The van der Waals surface area contributed by atoms with E-state index in [4.69, 9.17) is 0 Å². The Morgan fingerprint density at radius 3 is 1.15 bits per heavy atom. The SMILES string of the molecule is CCCCCCCCCCCCCCCCCn1cc[n+](CCCCCCCCCCCCCCC)c1C(C)C. The molecule has 40 heavy (non-hydrogen) atoms. The van der Waals surface area contributed by atoms with Gasteiger partial charge in [0.15, 0.2) is 0 Å². The molecule has 0 aliphatic heterocycles. The molecule has 0 unspecified atom stereocenters. The molecule has 0 amide bonds. The lowest BCUT2D eigenvalue weighted by molar-refractivity contribution is -0.705. The van der Waals surface area contributed by atoms with Crippen molar-refractivity contribution in [1.29, 1.82) is 0 Å². The molecule has 1 heterocycles. The highest BCUT2D eigenvalue weighted by Crippen LogP contribution is 2.16. The molecule has 1 aromatic heterocycles. The molecule has 0 aromatic carbocycles. The Balaban J connectivity index is 2.02. The molecule has 0 spiro atoms. The molecule has 0 N–H and O–H groups in total. The van der Waals surface area contributed by atoms with Gasteiger partial charge in [-0.3, -0.25) is 0 Å². The first-order valence-corrected chi connectivity index (χ1v) is 18.8. The van der Waals surface area contributed by atoms with E-state index in [9.17, 15) is 0 Å². The summed E-state index contributed by atoms with van der Waals surface area (Å²) in [7, 11) is 0. The number of hydrogen-bond acceptors (Lipinski definition) is 0. The van der Waals surface area contributed by atoms with Gasteiger partial charge in [0.25, 0.3) is 5.82 Å². The summed E-state index contributed by atoms with van der Waals surface area (Å²) < 4.78 is 5.13. The van der Waals surface area contributed by atoms with Crippen LogP contribution in [0.25, 0.3) is 0 Å². The summed E-state index contributed by atoms with van der Waals surface area (Å²) in [5, 5.41) is 0. The Morgan fingerprint density at radius 1 is 0.475 bits per heavy atom. The third-order valence-electron chi connectivity index (χ3n) is 9.04. The quantitative estimate of drug-likeness (QED) is 0.0631. The van der Waals surface area contributed by atoms with Crippen LogP contribution in [0.2, 0.25) is 0 Å².